The first kappa shape index (κ1) is 29.3. The molecule has 0 aromatic carbocycles. The molecule has 0 saturated carbocycles. The second-order valence-electron chi connectivity index (χ2n) is 10.2. The average Bonchev–Trinajstić information content (AvgIpc) is 3.13. The Bertz CT molecular complexity index is 730. The molecule has 0 aliphatic rings. The van der Waals surface area contributed by atoms with Gasteiger partial charge in [0.25, 0.3) is 0 Å². The van der Waals surface area contributed by atoms with Crippen LogP contribution in [0.4, 0.5) is 0 Å². The average molecular weight is 486 g/mol. The van der Waals surface area contributed by atoms with Crippen LogP contribution in [-0.2, 0) is 0 Å². The lowest BCUT2D eigenvalue weighted by Gasteiger charge is -2.36. The molecule has 1 heterocycles. The molecule has 3 N–H and O–H groups in total. The highest BCUT2D eigenvalue weighted by molar-refractivity contribution is 7.09. The van der Waals surface area contributed by atoms with Crippen molar-refractivity contribution in [2.45, 2.75) is 105 Å². The van der Waals surface area contributed by atoms with Crippen LogP contribution >= 0.6 is 22.9 Å². The van der Waals surface area contributed by atoms with E-state index in [4.69, 9.17) is 11.6 Å². The molecule has 0 spiro atoms. The lowest BCUT2D eigenvalue weighted by atomic mass is 9.73. The maximum Gasteiger partial charge on any atom is 0.0993 e. The number of aliphatic hydroxyl groups excluding tert-OH is 3. The minimum absolute atomic E-state index is 0.0369. The number of hydrogen-bond donors (Lipinski definition) is 3. The molecule has 0 aliphatic heterocycles. The lowest BCUT2D eigenvalue weighted by Crippen LogP contribution is -2.36. The van der Waals surface area contributed by atoms with Gasteiger partial charge in [-0.25, -0.2) is 4.98 Å². The molecule has 1 rings (SSSR count). The van der Waals surface area contributed by atoms with Crippen LogP contribution in [0.5, 0.6) is 0 Å². The van der Waals surface area contributed by atoms with Crippen LogP contribution < -0.4 is 0 Å². The first-order chi connectivity index (χ1) is 14.8. The van der Waals surface area contributed by atoms with E-state index in [0.29, 0.717) is 12.1 Å². The Hall–Kier alpha value is -0.720. The van der Waals surface area contributed by atoms with Crippen LogP contribution in [0, 0.1) is 24.2 Å². The molecule has 1 aromatic heterocycles. The van der Waals surface area contributed by atoms with Crippen LogP contribution in [0.2, 0.25) is 0 Å². The summed E-state index contributed by atoms with van der Waals surface area (Å²) < 4.78 is 0. The second-order valence-corrected chi connectivity index (χ2v) is 11.8. The van der Waals surface area contributed by atoms with E-state index in [1.165, 1.54) is 11.3 Å². The number of allylic oxidation sites excluding steroid dienone is 3. The Morgan fingerprint density at radius 1 is 1.22 bits per heavy atom. The van der Waals surface area contributed by atoms with Crippen molar-refractivity contribution in [3.63, 3.8) is 0 Å². The van der Waals surface area contributed by atoms with Crippen molar-refractivity contribution >= 4 is 22.9 Å². The Balaban J connectivity index is 2.48. The quantitative estimate of drug-likeness (QED) is 0.235. The van der Waals surface area contributed by atoms with Crippen molar-refractivity contribution in [3.8, 4) is 0 Å². The molecule has 0 amide bonds. The van der Waals surface area contributed by atoms with E-state index in [-0.39, 0.29) is 18.3 Å². The van der Waals surface area contributed by atoms with Crippen molar-refractivity contribution in [3.05, 3.63) is 39.3 Å². The third-order valence-electron chi connectivity index (χ3n) is 6.35. The summed E-state index contributed by atoms with van der Waals surface area (Å²) in [5.41, 5.74) is 1.36. The van der Waals surface area contributed by atoms with Gasteiger partial charge in [-0.2, -0.15) is 0 Å². The monoisotopic (exact) mass is 485 g/mol. The van der Waals surface area contributed by atoms with Gasteiger partial charge in [-0.3, -0.25) is 0 Å². The van der Waals surface area contributed by atoms with E-state index in [9.17, 15) is 15.3 Å². The van der Waals surface area contributed by atoms with Gasteiger partial charge in [0.2, 0.25) is 0 Å². The van der Waals surface area contributed by atoms with Gasteiger partial charge in [-0.1, -0.05) is 50.9 Å². The van der Waals surface area contributed by atoms with Gasteiger partial charge in [0.15, 0.2) is 0 Å². The lowest BCUT2D eigenvalue weighted by molar-refractivity contribution is -0.0279. The number of aliphatic hydroxyl groups is 3. The summed E-state index contributed by atoms with van der Waals surface area (Å²) >= 11 is 7.81. The van der Waals surface area contributed by atoms with Crippen molar-refractivity contribution in [2.24, 2.45) is 17.3 Å². The molecule has 5 atom stereocenters. The number of aromatic nitrogens is 1. The number of rotatable bonds is 15. The fourth-order valence-electron chi connectivity index (χ4n) is 4.17. The summed E-state index contributed by atoms with van der Waals surface area (Å²) in [4.78, 5) is 4.32. The topological polar surface area (TPSA) is 73.6 Å². The normalized spacial score (nSPS) is 17.6. The van der Waals surface area contributed by atoms with E-state index < -0.39 is 23.7 Å². The Morgan fingerprint density at radius 2 is 1.88 bits per heavy atom. The van der Waals surface area contributed by atoms with Crippen LogP contribution in [0.3, 0.4) is 0 Å². The molecule has 0 aliphatic carbocycles. The van der Waals surface area contributed by atoms with Crippen LogP contribution in [0.15, 0.2) is 28.6 Å². The molecule has 0 fully saturated rings. The zero-order valence-electron chi connectivity index (χ0n) is 20.8. The minimum Gasteiger partial charge on any atom is -0.393 e. The predicted octanol–water partition coefficient (Wildman–Crippen LogP) is 6.93. The van der Waals surface area contributed by atoms with Crippen LogP contribution in [0.25, 0.3) is 0 Å². The SMILES string of the molecule is C=C(C)CCC=C(Cl)CCCC(C)C(O)C(C)CC(C)(C)C(O)CC(O)c1csc(C)n1. The minimum atomic E-state index is -0.776. The smallest absolute Gasteiger partial charge is 0.0993 e. The molecule has 5 unspecified atom stereocenters. The number of nitrogens with zero attached hydrogens (tertiary/aromatic N) is 1. The second kappa shape index (κ2) is 13.9. The summed E-state index contributed by atoms with van der Waals surface area (Å²) in [6.07, 6.45) is 5.65. The number of halogens is 1. The molecule has 1 aromatic rings. The summed E-state index contributed by atoms with van der Waals surface area (Å²) in [6, 6.07) is 0. The van der Waals surface area contributed by atoms with E-state index in [1.54, 1.807) is 0 Å². The highest BCUT2D eigenvalue weighted by Gasteiger charge is 2.34. The van der Waals surface area contributed by atoms with Crippen molar-refractivity contribution in [1.29, 1.82) is 0 Å². The fraction of sp³-hybridized carbons (Fsp3) is 0.731. The molecule has 4 nitrogen and oxygen atoms in total. The molecule has 0 radical (unpaired) electrons. The molecular weight excluding hydrogens is 442 g/mol. The van der Waals surface area contributed by atoms with Gasteiger partial charge in [0.05, 0.1) is 29.0 Å². The van der Waals surface area contributed by atoms with E-state index in [2.05, 4.69) is 24.6 Å². The summed E-state index contributed by atoms with van der Waals surface area (Å²) in [7, 11) is 0. The van der Waals surface area contributed by atoms with Crippen molar-refractivity contribution in [2.75, 3.05) is 0 Å². The summed E-state index contributed by atoms with van der Waals surface area (Å²) in [6.45, 7) is 16.0. The zero-order chi connectivity index (χ0) is 24.5. The zero-order valence-corrected chi connectivity index (χ0v) is 22.3. The van der Waals surface area contributed by atoms with Crippen molar-refractivity contribution in [1.82, 2.24) is 4.98 Å². The van der Waals surface area contributed by atoms with E-state index >= 15 is 0 Å². The van der Waals surface area contributed by atoms with Gasteiger partial charge in [0, 0.05) is 16.8 Å². The van der Waals surface area contributed by atoms with Crippen molar-refractivity contribution < 1.29 is 15.3 Å². The van der Waals surface area contributed by atoms with Crippen LogP contribution in [-0.4, -0.2) is 32.5 Å². The molecule has 0 saturated heterocycles. The first-order valence-electron chi connectivity index (χ1n) is 11.8. The third kappa shape index (κ3) is 10.5. The number of hydrogen-bond acceptors (Lipinski definition) is 5. The molecule has 6 heteroatoms. The molecule has 0 bridgehead atoms. The Morgan fingerprint density at radius 3 is 2.44 bits per heavy atom. The standard InChI is InChI=1S/C26H44ClNO3S/c1-17(2)10-8-12-21(27)13-9-11-18(3)25(31)19(4)15-26(6,7)24(30)14-23(29)22-16-32-20(5)28-22/h12,16,18-19,23-25,29-31H,1,8-11,13-15H2,2-7H3. The van der Waals surface area contributed by atoms with E-state index in [0.717, 1.165) is 47.7 Å². The number of aryl methyl sites for hydroxylation is 1. The summed E-state index contributed by atoms with van der Waals surface area (Å²) in [5, 5.41) is 35.7. The van der Waals surface area contributed by atoms with Crippen LogP contribution in [0.1, 0.15) is 96.4 Å². The van der Waals surface area contributed by atoms with Gasteiger partial charge < -0.3 is 15.3 Å². The van der Waals surface area contributed by atoms with Gasteiger partial charge in [-0.05, 0) is 69.6 Å². The fourth-order valence-corrected chi connectivity index (χ4v) is 5.07. The largest absolute Gasteiger partial charge is 0.393 e. The number of thiazole rings is 1. The molecular formula is C26H44ClNO3S. The van der Waals surface area contributed by atoms with Gasteiger partial charge >= 0.3 is 0 Å². The van der Waals surface area contributed by atoms with E-state index in [1.807, 2.05) is 40.0 Å². The van der Waals surface area contributed by atoms with Gasteiger partial charge in [0.1, 0.15) is 0 Å². The maximum atomic E-state index is 10.9. The predicted molar refractivity (Wildman–Crippen MR) is 137 cm³/mol. The maximum absolute atomic E-state index is 10.9. The Kier molecular flexibility index (Phi) is 12.7. The summed E-state index contributed by atoms with van der Waals surface area (Å²) in [5.74, 6) is 0.191. The Labute approximate surface area is 204 Å². The molecule has 184 valence electrons. The van der Waals surface area contributed by atoms with Gasteiger partial charge in [-0.15, -0.1) is 17.9 Å². The molecule has 32 heavy (non-hydrogen) atoms. The third-order valence-corrected chi connectivity index (χ3v) is 7.49. The highest BCUT2D eigenvalue weighted by atomic mass is 35.5. The first-order valence-corrected chi connectivity index (χ1v) is 13.0. The highest BCUT2D eigenvalue weighted by Crippen LogP contribution is 2.36.